The lowest BCUT2D eigenvalue weighted by atomic mass is 10.1. The number of esters is 2. The van der Waals surface area contributed by atoms with Crippen molar-refractivity contribution in [2.75, 3.05) is 19.8 Å². The van der Waals surface area contributed by atoms with Gasteiger partial charge in [-0.3, -0.25) is 9.59 Å². The Bertz CT molecular complexity index is 988. The summed E-state index contributed by atoms with van der Waals surface area (Å²) in [5.74, 6) is -0.449. The third kappa shape index (κ3) is 42.1. The molecular weight excluding hydrogens is 669 g/mol. The molecule has 0 aromatic rings. The second-order valence-corrected chi connectivity index (χ2v) is 14.6. The average molecular weight is 753 g/mol. The van der Waals surface area contributed by atoms with Gasteiger partial charge in [-0.15, -0.1) is 0 Å². The Morgan fingerprint density at radius 1 is 0.426 bits per heavy atom. The van der Waals surface area contributed by atoms with Gasteiger partial charge in [0.2, 0.25) is 0 Å². The molecule has 5 heteroatoms. The van der Waals surface area contributed by atoms with Crippen LogP contribution in [-0.4, -0.2) is 37.9 Å². The number of hydrogen-bond donors (Lipinski definition) is 0. The van der Waals surface area contributed by atoms with Crippen molar-refractivity contribution in [3.63, 3.8) is 0 Å². The topological polar surface area (TPSA) is 61.8 Å². The normalized spacial score (nSPS) is 12.9. The van der Waals surface area contributed by atoms with Crippen molar-refractivity contribution in [3.05, 3.63) is 72.9 Å². The molecule has 1 atom stereocenters. The number of ether oxygens (including phenoxy) is 3. The van der Waals surface area contributed by atoms with Crippen molar-refractivity contribution >= 4 is 11.9 Å². The molecule has 0 bridgehead atoms. The highest BCUT2D eigenvalue weighted by Gasteiger charge is 2.17. The van der Waals surface area contributed by atoms with Gasteiger partial charge < -0.3 is 14.2 Å². The first-order chi connectivity index (χ1) is 26.6. The fraction of sp³-hybridized carbons (Fsp3) is 0.714. The molecule has 0 spiro atoms. The van der Waals surface area contributed by atoms with Crippen LogP contribution in [0.15, 0.2) is 72.9 Å². The zero-order chi connectivity index (χ0) is 39.3. The Kier molecular flexibility index (Phi) is 42.5. The van der Waals surface area contributed by atoms with E-state index in [2.05, 4.69) is 93.7 Å². The summed E-state index contributed by atoms with van der Waals surface area (Å²) in [5.41, 5.74) is 0. The first-order valence-corrected chi connectivity index (χ1v) is 22.5. The maximum atomic E-state index is 12.7. The van der Waals surface area contributed by atoms with E-state index < -0.39 is 6.10 Å². The second-order valence-electron chi connectivity index (χ2n) is 14.6. The SMILES string of the molecule is CC/C=C\C/C=C\C/C=C\C/C=C\C/C=C\CCCCCC(=O)OCC(COCCCCCCCCCC)OC(=O)CCCCCCC/C=C\CCCC. The van der Waals surface area contributed by atoms with E-state index in [1.165, 1.54) is 70.6 Å². The third-order valence-electron chi connectivity index (χ3n) is 9.23. The van der Waals surface area contributed by atoms with Gasteiger partial charge >= 0.3 is 11.9 Å². The predicted octanol–water partition coefficient (Wildman–Crippen LogP) is 14.8. The van der Waals surface area contributed by atoms with Gasteiger partial charge in [0.05, 0.1) is 6.61 Å². The van der Waals surface area contributed by atoms with E-state index >= 15 is 0 Å². The summed E-state index contributed by atoms with van der Waals surface area (Å²) in [6.07, 6.45) is 56.1. The van der Waals surface area contributed by atoms with E-state index in [9.17, 15) is 9.59 Å². The van der Waals surface area contributed by atoms with Gasteiger partial charge in [0, 0.05) is 19.4 Å². The fourth-order valence-electron chi connectivity index (χ4n) is 5.87. The molecule has 0 radical (unpaired) electrons. The molecular formula is C49H84O5. The molecule has 0 aromatic heterocycles. The molecule has 0 amide bonds. The average Bonchev–Trinajstić information content (AvgIpc) is 3.17. The van der Waals surface area contributed by atoms with Crippen molar-refractivity contribution in [1.29, 1.82) is 0 Å². The Morgan fingerprint density at radius 2 is 0.852 bits per heavy atom. The molecule has 0 aliphatic carbocycles. The molecule has 0 N–H and O–H groups in total. The third-order valence-corrected chi connectivity index (χ3v) is 9.23. The van der Waals surface area contributed by atoms with Crippen LogP contribution in [0.5, 0.6) is 0 Å². The lowest BCUT2D eigenvalue weighted by Crippen LogP contribution is -2.30. The predicted molar refractivity (Wildman–Crippen MR) is 233 cm³/mol. The van der Waals surface area contributed by atoms with Crippen LogP contribution in [0.1, 0.15) is 201 Å². The summed E-state index contributed by atoms with van der Waals surface area (Å²) in [4.78, 5) is 25.2. The van der Waals surface area contributed by atoms with Crippen LogP contribution in [-0.2, 0) is 23.8 Å². The van der Waals surface area contributed by atoms with Crippen LogP contribution in [0, 0.1) is 0 Å². The van der Waals surface area contributed by atoms with Gasteiger partial charge in [-0.25, -0.2) is 0 Å². The van der Waals surface area contributed by atoms with Gasteiger partial charge in [0.25, 0.3) is 0 Å². The van der Waals surface area contributed by atoms with Crippen LogP contribution < -0.4 is 0 Å². The highest BCUT2D eigenvalue weighted by Crippen LogP contribution is 2.12. The highest BCUT2D eigenvalue weighted by molar-refractivity contribution is 5.70. The van der Waals surface area contributed by atoms with Gasteiger partial charge in [-0.1, -0.05) is 177 Å². The van der Waals surface area contributed by atoms with Crippen molar-refractivity contribution in [2.45, 2.75) is 207 Å². The van der Waals surface area contributed by atoms with Crippen molar-refractivity contribution < 1.29 is 23.8 Å². The van der Waals surface area contributed by atoms with Crippen molar-refractivity contribution in [2.24, 2.45) is 0 Å². The van der Waals surface area contributed by atoms with Gasteiger partial charge in [-0.2, -0.15) is 0 Å². The second kappa shape index (κ2) is 44.7. The summed E-state index contributed by atoms with van der Waals surface area (Å²) < 4.78 is 17.2. The van der Waals surface area contributed by atoms with Crippen LogP contribution in [0.3, 0.4) is 0 Å². The number of rotatable bonds is 40. The molecule has 0 aromatic carbocycles. The molecule has 0 aliphatic rings. The molecule has 0 saturated heterocycles. The maximum Gasteiger partial charge on any atom is 0.306 e. The number of allylic oxidation sites excluding steroid dienone is 12. The fourth-order valence-corrected chi connectivity index (χ4v) is 5.87. The minimum Gasteiger partial charge on any atom is -0.462 e. The standard InChI is InChI=1S/C49H84O5/c1-4-7-10-13-16-19-21-22-23-24-25-26-27-28-30-31-33-36-39-42-48(50)53-46-47(45-52-44-41-38-35-18-15-12-9-6-3)54-49(51)43-40-37-34-32-29-20-17-14-11-8-5-2/h7,10,14,16-17,19,22-23,25-26,28,30,47H,4-6,8-9,11-13,15,18,20-21,24,27,29,31-46H2,1-3H3/b10-7-,17-14-,19-16-,23-22-,26-25-,30-28-. The van der Waals surface area contributed by atoms with E-state index in [4.69, 9.17) is 14.2 Å². The number of carbonyl (C=O) groups is 2. The quantitative estimate of drug-likeness (QED) is 0.0354. The summed E-state index contributed by atoms with van der Waals surface area (Å²) >= 11 is 0. The van der Waals surface area contributed by atoms with Gasteiger partial charge in [0.15, 0.2) is 6.10 Å². The zero-order valence-electron chi connectivity index (χ0n) is 35.5. The number of hydrogen-bond acceptors (Lipinski definition) is 5. The molecule has 0 heterocycles. The van der Waals surface area contributed by atoms with E-state index in [0.717, 1.165) is 96.3 Å². The first kappa shape index (κ1) is 51.3. The summed E-state index contributed by atoms with van der Waals surface area (Å²) in [7, 11) is 0. The summed E-state index contributed by atoms with van der Waals surface area (Å²) in [6, 6.07) is 0. The Hall–Kier alpha value is -2.66. The first-order valence-electron chi connectivity index (χ1n) is 22.5. The van der Waals surface area contributed by atoms with E-state index in [-0.39, 0.29) is 25.2 Å². The van der Waals surface area contributed by atoms with Crippen LogP contribution in [0.25, 0.3) is 0 Å². The van der Waals surface area contributed by atoms with E-state index in [1.54, 1.807) is 0 Å². The number of carbonyl (C=O) groups excluding carboxylic acids is 2. The molecule has 0 fully saturated rings. The molecule has 0 saturated carbocycles. The van der Waals surface area contributed by atoms with Crippen molar-refractivity contribution in [1.82, 2.24) is 0 Å². The largest absolute Gasteiger partial charge is 0.462 e. The van der Waals surface area contributed by atoms with Gasteiger partial charge in [0.1, 0.15) is 6.61 Å². The minimum absolute atomic E-state index is 0.0633. The van der Waals surface area contributed by atoms with Gasteiger partial charge in [-0.05, 0) is 83.5 Å². The Balaban J connectivity index is 4.25. The Labute approximate surface area is 334 Å². The molecule has 1 unspecified atom stereocenters. The molecule has 54 heavy (non-hydrogen) atoms. The highest BCUT2D eigenvalue weighted by atomic mass is 16.6. The lowest BCUT2D eigenvalue weighted by molar-refractivity contribution is -0.163. The monoisotopic (exact) mass is 753 g/mol. The van der Waals surface area contributed by atoms with E-state index in [0.29, 0.717) is 19.4 Å². The Morgan fingerprint density at radius 3 is 1.43 bits per heavy atom. The molecule has 0 aliphatic heterocycles. The number of unbranched alkanes of at least 4 members (excludes halogenated alkanes) is 17. The van der Waals surface area contributed by atoms with Crippen LogP contribution >= 0.6 is 0 Å². The summed E-state index contributed by atoms with van der Waals surface area (Å²) in [5, 5.41) is 0. The van der Waals surface area contributed by atoms with E-state index in [1.807, 2.05) is 0 Å². The van der Waals surface area contributed by atoms with Crippen molar-refractivity contribution in [3.8, 4) is 0 Å². The molecule has 5 nitrogen and oxygen atoms in total. The van der Waals surface area contributed by atoms with Crippen LogP contribution in [0.4, 0.5) is 0 Å². The zero-order valence-corrected chi connectivity index (χ0v) is 35.5. The maximum absolute atomic E-state index is 12.7. The summed E-state index contributed by atoms with van der Waals surface area (Å²) in [6.45, 7) is 7.61. The smallest absolute Gasteiger partial charge is 0.306 e. The minimum atomic E-state index is -0.551. The molecule has 310 valence electrons. The lowest BCUT2D eigenvalue weighted by Gasteiger charge is -2.18. The molecule has 0 rings (SSSR count). The van der Waals surface area contributed by atoms with Crippen LogP contribution in [0.2, 0.25) is 0 Å².